The molecule has 0 aliphatic rings. The number of non-ortho nitro benzene ring substituents is 1. The SMILES string of the molecule is CN(C)c1nc2ccc([N+](=O)[O-])cc2o1. The third-order valence-corrected chi connectivity index (χ3v) is 1.95. The Hall–Kier alpha value is -2.11. The molecule has 15 heavy (non-hydrogen) atoms. The summed E-state index contributed by atoms with van der Waals surface area (Å²) in [6.07, 6.45) is 0. The summed E-state index contributed by atoms with van der Waals surface area (Å²) in [4.78, 5) is 15.9. The minimum atomic E-state index is -0.461. The van der Waals surface area contributed by atoms with E-state index in [0.29, 0.717) is 17.1 Å². The van der Waals surface area contributed by atoms with Gasteiger partial charge >= 0.3 is 0 Å². The number of benzene rings is 1. The molecule has 0 saturated heterocycles. The fraction of sp³-hybridized carbons (Fsp3) is 0.222. The summed E-state index contributed by atoms with van der Waals surface area (Å²) in [5.74, 6) is 0. The monoisotopic (exact) mass is 207 g/mol. The molecule has 0 N–H and O–H groups in total. The van der Waals surface area contributed by atoms with E-state index >= 15 is 0 Å². The first-order valence-electron chi connectivity index (χ1n) is 4.30. The second-order valence-corrected chi connectivity index (χ2v) is 3.30. The van der Waals surface area contributed by atoms with E-state index < -0.39 is 4.92 Å². The molecule has 0 spiro atoms. The highest BCUT2D eigenvalue weighted by atomic mass is 16.6. The fourth-order valence-corrected chi connectivity index (χ4v) is 1.21. The van der Waals surface area contributed by atoms with Gasteiger partial charge in [-0.3, -0.25) is 10.1 Å². The summed E-state index contributed by atoms with van der Waals surface area (Å²) in [5.41, 5.74) is 1.04. The number of nitro benzene ring substituents is 1. The Balaban J connectivity index is 2.57. The highest BCUT2D eigenvalue weighted by Crippen LogP contribution is 2.24. The van der Waals surface area contributed by atoms with Crippen molar-refractivity contribution in [2.75, 3.05) is 19.0 Å². The van der Waals surface area contributed by atoms with Gasteiger partial charge in [0.05, 0.1) is 11.0 Å². The van der Waals surface area contributed by atoms with Crippen LogP contribution < -0.4 is 4.90 Å². The van der Waals surface area contributed by atoms with Gasteiger partial charge in [-0.1, -0.05) is 0 Å². The number of oxazole rings is 1. The molecule has 0 amide bonds. The Kier molecular flexibility index (Phi) is 2.03. The van der Waals surface area contributed by atoms with E-state index in [0.717, 1.165) is 0 Å². The first kappa shape index (κ1) is 9.45. The molecule has 0 aliphatic heterocycles. The Labute approximate surface area is 85.3 Å². The van der Waals surface area contributed by atoms with Crippen LogP contribution in [0.15, 0.2) is 22.6 Å². The molecule has 2 aromatic rings. The summed E-state index contributed by atoms with van der Waals surface area (Å²) >= 11 is 0. The molecule has 78 valence electrons. The normalized spacial score (nSPS) is 10.5. The van der Waals surface area contributed by atoms with E-state index in [1.54, 1.807) is 25.1 Å². The summed E-state index contributed by atoms with van der Waals surface area (Å²) in [6.45, 7) is 0. The number of hydrogen-bond donors (Lipinski definition) is 0. The zero-order valence-corrected chi connectivity index (χ0v) is 8.30. The maximum atomic E-state index is 10.5. The van der Waals surface area contributed by atoms with Crippen molar-refractivity contribution in [1.29, 1.82) is 0 Å². The number of anilines is 1. The van der Waals surface area contributed by atoms with Gasteiger partial charge in [0.25, 0.3) is 11.7 Å². The lowest BCUT2D eigenvalue weighted by atomic mass is 10.3. The van der Waals surface area contributed by atoms with Crippen LogP contribution in [0.25, 0.3) is 11.1 Å². The maximum absolute atomic E-state index is 10.5. The lowest BCUT2D eigenvalue weighted by molar-refractivity contribution is -0.384. The van der Waals surface area contributed by atoms with Gasteiger partial charge in [-0.15, -0.1) is 0 Å². The average molecular weight is 207 g/mol. The number of aromatic nitrogens is 1. The van der Waals surface area contributed by atoms with E-state index in [4.69, 9.17) is 4.42 Å². The van der Waals surface area contributed by atoms with Gasteiger partial charge in [-0.25, -0.2) is 0 Å². The number of nitro groups is 1. The Morgan fingerprint density at radius 1 is 1.47 bits per heavy atom. The van der Waals surface area contributed by atoms with Crippen molar-refractivity contribution >= 4 is 22.8 Å². The van der Waals surface area contributed by atoms with Gasteiger partial charge in [0.15, 0.2) is 5.58 Å². The van der Waals surface area contributed by atoms with Crippen molar-refractivity contribution in [1.82, 2.24) is 4.98 Å². The molecule has 1 aromatic heterocycles. The third kappa shape index (κ3) is 1.61. The zero-order valence-electron chi connectivity index (χ0n) is 8.30. The molecule has 1 heterocycles. The number of fused-ring (bicyclic) bond motifs is 1. The van der Waals surface area contributed by atoms with E-state index in [1.165, 1.54) is 12.1 Å². The van der Waals surface area contributed by atoms with Crippen LogP contribution in [0, 0.1) is 10.1 Å². The van der Waals surface area contributed by atoms with Gasteiger partial charge in [-0.2, -0.15) is 4.98 Å². The van der Waals surface area contributed by atoms with Crippen LogP contribution in [0.2, 0.25) is 0 Å². The summed E-state index contributed by atoms with van der Waals surface area (Å²) < 4.78 is 5.33. The molecule has 0 aliphatic carbocycles. The van der Waals surface area contributed by atoms with Crippen LogP contribution in [0.5, 0.6) is 0 Å². The van der Waals surface area contributed by atoms with E-state index in [2.05, 4.69) is 4.98 Å². The predicted octanol–water partition coefficient (Wildman–Crippen LogP) is 1.80. The smallest absolute Gasteiger partial charge is 0.297 e. The highest BCUT2D eigenvalue weighted by molar-refractivity contribution is 5.77. The molecule has 0 atom stereocenters. The molecule has 0 unspecified atom stereocenters. The first-order valence-corrected chi connectivity index (χ1v) is 4.30. The van der Waals surface area contributed by atoms with Crippen molar-refractivity contribution in [2.45, 2.75) is 0 Å². The topological polar surface area (TPSA) is 72.4 Å². The predicted molar refractivity (Wildman–Crippen MR) is 55.0 cm³/mol. The lowest BCUT2D eigenvalue weighted by Crippen LogP contribution is -2.08. The molecule has 0 radical (unpaired) electrons. The van der Waals surface area contributed by atoms with Gasteiger partial charge < -0.3 is 9.32 Å². The molecule has 0 fully saturated rings. The molecule has 1 aromatic carbocycles. The standard InChI is InChI=1S/C9H9N3O3/c1-11(2)9-10-7-4-3-6(12(13)14)5-8(7)15-9/h3-5H,1-2H3. The highest BCUT2D eigenvalue weighted by Gasteiger charge is 2.12. The quantitative estimate of drug-likeness (QED) is 0.554. The number of rotatable bonds is 2. The molecule has 2 rings (SSSR count). The van der Waals surface area contributed by atoms with Crippen LogP contribution in [-0.2, 0) is 0 Å². The van der Waals surface area contributed by atoms with Crippen molar-refractivity contribution in [3.63, 3.8) is 0 Å². The van der Waals surface area contributed by atoms with Crippen molar-refractivity contribution in [3.8, 4) is 0 Å². The van der Waals surface area contributed by atoms with Crippen LogP contribution in [-0.4, -0.2) is 24.0 Å². The van der Waals surface area contributed by atoms with Crippen molar-refractivity contribution < 1.29 is 9.34 Å². The molecule has 0 saturated carbocycles. The van der Waals surface area contributed by atoms with Gasteiger partial charge in [0.1, 0.15) is 5.52 Å². The average Bonchev–Trinajstić information content (AvgIpc) is 2.59. The second kappa shape index (κ2) is 3.23. The Bertz CT molecular complexity index is 518. The minimum absolute atomic E-state index is 0.00366. The fourth-order valence-electron chi connectivity index (χ4n) is 1.21. The zero-order chi connectivity index (χ0) is 11.0. The Morgan fingerprint density at radius 3 is 2.80 bits per heavy atom. The minimum Gasteiger partial charge on any atom is -0.423 e. The van der Waals surface area contributed by atoms with Gasteiger partial charge in [-0.05, 0) is 6.07 Å². The van der Waals surface area contributed by atoms with Crippen molar-refractivity contribution in [3.05, 3.63) is 28.3 Å². The summed E-state index contributed by atoms with van der Waals surface area (Å²) in [5, 5.41) is 10.5. The number of nitrogens with zero attached hydrogens (tertiary/aromatic N) is 3. The number of hydrogen-bond acceptors (Lipinski definition) is 5. The van der Waals surface area contributed by atoms with Crippen LogP contribution >= 0.6 is 0 Å². The lowest BCUT2D eigenvalue weighted by Gasteiger charge is -2.03. The molecular formula is C9H9N3O3. The van der Waals surface area contributed by atoms with Gasteiger partial charge in [0, 0.05) is 20.2 Å². The molecule has 6 heteroatoms. The third-order valence-electron chi connectivity index (χ3n) is 1.95. The maximum Gasteiger partial charge on any atom is 0.297 e. The van der Waals surface area contributed by atoms with Crippen LogP contribution in [0.4, 0.5) is 11.7 Å². The van der Waals surface area contributed by atoms with Crippen LogP contribution in [0.3, 0.4) is 0 Å². The first-order chi connectivity index (χ1) is 7.08. The molecule has 6 nitrogen and oxygen atoms in total. The molecule has 0 bridgehead atoms. The van der Waals surface area contributed by atoms with Gasteiger partial charge in [0.2, 0.25) is 0 Å². The van der Waals surface area contributed by atoms with E-state index in [9.17, 15) is 10.1 Å². The van der Waals surface area contributed by atoms with Crippen molar-refractivity contribution in [2.24, 2.45) is 0 Å². The van der Waals surface area contributed by atoms with E-state index in [1.807, 2.05) is 0 Å². The summed E-state index contributed by atoms with van der Waals surface area (Å²) in [7, 11) is 3.58. The Morgan fingerprint density at radius 2 is 2.20 bits per heavy atom. The molecular weight excluding hydrogens is 198 g/mol. The second-order valence-electron chi connectivity index (χ2n) is 3.30. The largest absolute Gasteiger partial charge is 0.423 e. The van der Waals surface area contributed by atoms with Crippen LogP contribution in [0.1, 0.15) is 0 Å². The van der Waals surface area contributed by atoms with E-state index in [-0.39, 0.29) is 5.69 Å². The summed E-state index contributed by atoms with van der Waals surface area (Å²) in [6, 6.07) is 4.79.